The van der Waals surface area contributed by atoms with Crippen molar-refractivity contribution in [3.8, 4) is 0 Å². The largest absolute Gasteiger partial charge is 0.391 e. The zero-order valence-corrected chi connectivity index (χ0v) is 9.10. The predicted molar refractivity (Wildman–Crippen MR) is 61.2 cm³/mol. The van der Waals surface area contributed by atoms with Gasteiger partial charge in [-0.25, -0.2) is 0 Å². The molecular formula is C12H20N2O. The van der Waals surface area contributed by atoms with E-state index in [0.717, 1.165) is 12.3 Å². The predicted octanol–water partition coefficient (Wildman–Crippen LogP) is 1.97. The molecule has 3 nitrogen and oxygen atoms in total. The summed E-state index contributed by atoms with van der Waals surface area (Å²) in [5.74, 6) is 0.756. The van der Waals surface area contributed by atoms with Crippen LogP contribution in [0, 0.1) is 5.92 Å². The van der Waals surface area contributed by atoms with Crippen LogP contribution in [0.3, 0.4) is 0 Å². The molecule has 1 unspecified atom stereocenters. The number of rotatable bonds is 5. The second-order valence-electron chi connectivity index (χ2n) is 4.49. The van der Waals surface area contributed by atoms with Gasteiger partial charge in [-0.3, -0.25) is 4.68 Å². The Morgan fingerprint density at radius 3 is 2.60 bits per heavy atom. The minimum absolute atomic E-state index is 0.213. The van der Waals surface area contributed by atoms with Gasteiger partial charge in [0.15, 0.2) is 0 Å². The molecule has 1 aromatic heterocycles. The van der Waals surface area contributed by atoms with Gasteiger partial charge in [-0.2, -0.15) is 0 Å². The topological polar surface area (TPSA) is 37.2 Å². The Labute approximate surface area is 91.1 Å². The SMILES string of the molecule is OC(CNn1cccc1)CC1CCCC1. The highest BCUT2D eigenvalue weighted by molar-refractivity contribution is 4.93. The Morgan fingerprint density at radius 1 is 1.27 bits per heavy atom. The number of hydrogen-bond acceptors (Lipinski definition) is 2. The van der Waals surface area contributed by atoms with E-state index in [1.165, 1.54) is 25.7 Å². The van der Waals surface area contributed by atoms with Gasteiger partial charge in [-0.05, 0) is 24.5 Å². The lowest BCUT2D eigenvalue weighted by Gasteiger charge is -2.16. The Morgan fingerprint density at radius 2 is 1.93 bits per heavy atom. The molecule has 0 saturated heterocycles. The van der Waals surface area contributed by atoms with Crippen LogP contribution >= 0.6 is 0 Å². The fourth-order valence-electron chi connectivity index (χ4n) is 2.36. The van der Waals surface area contributed by atoms with E-state index in [0.29, 0.717) is 6.54 Å². The Balaban J connectivity index is 1.66. The first kappa shape index (κ1) is 10.6. The molecule has 0 aromatic carbocycles. The van der Waals surface area contributed by atoms with Crippen LogP contribution in [0.5, 0.6) is 0 Å². The molecule has 84 valence electrons. The van der Waals surface area contributed by atoms with Gasteiger partial charge in [0, 0.05) is 12.4 Å². The molecule has 2 rings (SSSR count). The third-order valence-corrected chi connectivity index (χ3v) is 3.19. The molecule has 15 heavy (non-hydrogen) atoms. The van der Waals surface area contributed by atoms with E-state index in [1.54, 1.807) is 0 Å². The van der Waals surface area contributed by atoms with Crippen LogP contribution in [0.2, 0.25) is 0 Å². The van der Waals surface area contributed by atoms with Crippen molar-refractivity contribution in [1.82, 2.24) is 4.68 Å². The van der Waals surface area contributed by atoms with Crippen LogP contribution in [0.1, 0.15) is 32.1 Å². The van der Waals surface area contributed by atoms with E-state index >= 15 is 0 Å². The van der Waals surface area contributed by atoms with Crippen LogP contribution in [-0.4, -0.2) is 22.4 Å². The molecule has 0 bridgehead atoms. The summed E-state index contributed by atoms with van der Waals surface area (Å²) >= 11 is 0. The van der Waals surface area contributed by atoms with Crippen LogP contribution in [0.25, 0.3) is 0 Å². The highest BCUT2D eigenvalue weighted by Gasteiger charge is 2.18. The minimum atomic E-state index is -0.213. The first-order valence-electron chi connectivity index (χ1n) is 5.89. The zero-order valence-electron chi connectivity index (χ0n) is 9.10. The molecule has 1 atom stereocenters. The zero-order chi connectivity index (χ0) is 10.5. The standard InChI is InChI=1S/C12H20N2O/c15-12(9-11-5-1-2-6-11)10-13-14-7-3-4-8-14/h3-4,7-8,11-13,15H,1-2,5-6,9-10H2. The highest BCUT2D eigenvalue weighted by atomic mass is 16.3. The van der Waals surface area contributed by atoms with Crippen molar-refractivity contribution in [3.63, 3.8) is 0 Å². The lowest BCUT2D eigenvalue weighted by molar-refractivity contribution is 0.152. The monoisotopic (exact) mass is 208 g/mol. The first-order valence-corrected chi connectivity index (χ1v) is 5.89. The number of aliphatic hydroxyl groups excluding tert-OH is 1. The molecule has 1 aromatic rings. The summed E-state index contributed by atoms with van der Waals surface area (Å²) in [6, 6.07) is 3.94. The van der Waals surface area contributed by atoms with E-state index in [1.807, 2.05) is 29.2 Å². The summed E-state index contributed by atoms with van der Waals surface area (Å²) in [5.41, 5.74) is 3.17. The van der Waals surface area contributed by atoms with Gasteiger partial charge >= 0.3 is 0 Å². The van der Waals surface area contributed by atoms with E-state index in [2.05, 4.69) is 5.43 Å². The molecule has 0 amide bonds. The first-order chi connectivity index (χ1) is 7.34. The number of aliphatic hydroxyl groups is 1. The van der Waals surface area contributed by atoms with Gasteiger partial charge in [-0.15, -0.1) is 0 Å². The molecule has 0 radical (unpaired) electrons. The van der Waals surface area contributed by atoms with E-state index < -0.39 is 0 Å². The second-order valence-corrected chi connectivity index (χ2v) is 4.49. The average molecular weight is 208 g/mol. The van der Waals surface area contributed by atoms with Crippen molar-refractivity contribution in [2.75, 3.05) is 12.0 Å². The second kappa shape index (κ2) is 5.21. The lowest BCUT2D eigenvalue weighted by Crippen LogP contribution is -2.26. The summed E-state index contributed by atoms with van der Waals surface area (Å²) < 4.78 is 1.89. The van der Waals surface area contributed by atoms with Gasteiger partial charge in [0.2, 0.25) is 0 Å². The van der Waals surface area contributed by atoms with E-state index in [9.17, 15) is 5.11 Å². The Kier molecular flexibility index (Phi) is 3.67. The molecule has 0 spiro atoms. The lowest BCUT2D eigenvalue weighted by atomic mass is 10.0. The van der Waals surface area contributed by atoms with Gasteiger partial charge in [0.1, 0.15) is 0 Å². The minimum Gasteiger partial charge on any atom is -0.391 e. The van der Waals surface area contributed by atoms with E-state index in [-0.39, 0.29) is 6.10 Å². The molecule has 1 fully saturated rings. The number of aromatic nitrogens is 1. The van der Waals surface area contributed by atoms with Crippen LogP contribution < -0.4 is 5.43 Å². The molecule has 1 heterocycles. The normalized spacial score (nSPS) is 19.3. The molecular weight excluding hydrogens is 188 g/mol. The maximum atomic E-state index is 9.83. The van der Waals surface area contributed by atoms with E-state index in [4.69, 9.17) is 0 Å². The molecule has 1 aliphatic carbocycles. The van der Waals surface area contributed by atoms with Gasteiger partial charge in [0.25, 0.3) is 0 Å². The van der Waals surface area contributed by atoms with Crippen molar-refractivity contribution in [3.05, 3.63) is 24.5 Å². The van der Waals surface area contributed by atoms with Crippen LogP contribution in [-0.2, 0) is 0 Å². The smallest absolute Gasteiger partial charge is 0.0731 e. The molecule has 0 aliphatic heterocycles. The Hall–Kier alpha value is -0.960. The number of hydrogen-bond donors (Lipinski definition) is 2. The fraction of sp³-hybridized carbons (Fsp3) is 0.667. The van der Waals surface area contributed by atoms with Crippen molar-refractivity contribution in [1.29, 1.82) is 0 Å². The summed E-state index contributed by atoms with van der Waals surface area (Å²) in [5, 5.41) is 9.83. The van der Waals surface area contributed by atoms with Crippen LogP contribution in [0.15, 0.2) is 24.5 Å². The van der Waals surface area contributed by atoms with Crippen molar-refractivity contribution in [2.45, 2.75) is 38.2 Å². The van der Waals surface area contributed by atoms with Crippen LogP contribution in [0.4, 0.5) is 0 Å². The molecule has 3 heteroatoms. The summed E-state index contributed by atoms with van der Waals surface area (Å²) in [6.07, 6.45) is 9.95. The highest BCUT2D eigenvalue weighted by Crippen LogP contribution is 2.28. The molecule has 2 N–H and O–H groups in total. The molecule has 1 saturated carbocycles. The van der Waals surface area contributed by atoms with Crippen molar-refractivity contribution >= 4 is 0 Å². The quantitative estimate of drug-likeness (QED) is 0.776. The number of nitrogens with one attached hydrogen (secondary N) is 1. The fourth-order valence-corrected chi connectivity index (χ4v) is 2.36. The van der Waals surface area contributed by atoms with Gasteiger partial charge in [0.05, 0.1) is 12.6 Å². The summed E-state index contributed by atoms with van der Waals surface area (Å²) in [4.78, 5) is 0. The van der Waals surface area contributed by atoms with Gasteiger partial charge in [-0.1, -0.05) is 25.7 Å². The Bertz CT molecular complexity index is 265. The summed E-state index contributed by atoms with van der Waals surface area (Å²) in [6.45, 7) is 0.644. The third-order valence-electron chi connectivity index (χ3n) is 3.19. The summed E-state index contributed by atoms with van der Waals surface area (Å²) in [7, 11) is 0. The van der Waals surface area contributed by atoms with Crippen molar-refractivity contribution < 1.29 is 5.11 Å². The average Bonchev–Trinajstić information content (AvgIpc) is 2.86. The van der Waals surface area contributed by atoms with Crippen molar-refractivity contribution in [2.24, 2.45) is 5.92 Å². The maximum absolute atomic E-state index is 9.83. The maximum Gasteiger partial charge on any atom is 0.0731 e. The van der Waals surface area contributed by atoms with Gasteiger partial charge < -0.3 is 10.5 Å². The third kappa shape index (κ3) is 3.27. The molecule has 1 aliphatic rings. The number of nitrogens with zero attached hydrogens (tertiary/aromatic N) is 1.